The molecule has 3 nitrogen and oxygen atoms in total. The van der Waals surface area contributed by atoms with E-state index in [9.17, 15) is 0 Å². The van der Waals surface area contributed by atoms with Gasteiger partial charge < -0.3 is 5.73 Å². The van der Waals surface area contributed by atoms with Gasteiger partial charge in [0.05, 0.1) is 22.4 Å². The highest BCUT2D eigenvalue weighted by atomic mass is 35.5. The molecular weight excluding hydrogens is 246 g/mol. The van der Waals surface area contributed by atoms with E-state index in [1.54, 1.807) is 6.07 Å². The molecule has 0 bridgehead atoms. The van der Waals surface area contributed by atoms with Gasteiger partial charge in [-0.1, -0.05) is 23.7 Å². The molecule has 0 spiro atoms. The Morgan fingerprint density at radius 1 is 1.17 bits per heavy atom. The molecule has 1 heterocycles. The summed E-state index contributed by atoms with van der Waals surface area (Å²) in [5.74, 6) is 0.908. The Labute approximate surface area is 110 Å². The summed E-state index contributed by atoms with van der Waals surface area (Å²) in [5.41, 5.74) is 9.60. The molecule has 0 fully saturated rings. The maximum absolute atomic E-state index is 6.04. The zero-order valence-corrected chi connectivity index (χ0v) is 10.6. The van der Waals surface area contributed by atoms with Crippen LogP contribution in [0.5, 0.6) is 0 Å². The summed E-state index contributed by atoms with van der Waals surface area (Å²) in [6.07, 6.45) is 0. The van der Waals surface area contributed by atoms with Crippen molar-refractivity contribution >= 4 is 28.3 Å². The summed E-state index contributed by atoms with van der Waals surface area (Å²) in [6, 6.07) is 13.5. The van der Waals surface area contributed by atoms with Crippen LogP contribution in [0, 0.1) is 6.92 Å². The summed E-state index contributed by atoms with van der Waals surface area (Å²) in [6.45, 7) is 1.97. The third-order valence-electron chi connectivity index (χ3n) is 2.96. The Kier molecular flexibility index (Phi) is 2.49. The Balaban J connectivity index is 2.34. The van der Waals surface area contributed by atoms with E-state index in [0.717, 1.165) is 22.5 Å². The fraction of sp³-hybridized carbons (Fsp3) is 0.0714. The second-order valence-corrected chi connectivity index (χ2v) is 4.62. The first-order valence-electron chi connectivity index (χ1n) is 5.66. The van der Waals surface area contributed by atoms with E-state index < -0.39 is 0 Å². The number of para-hydroxylation sites is 2. The first-order chi connectivity index (χ1) is 8.66. The fourth-order valence-corrected chi connectivity index (χ4v) is 2.36. The van der Waals surface area contributed by atoms with Crippen LogP contribution in [0.15, 0.2) is 42.5 Å². The van der Waals surface area contributed by atoms with Crippen LogP contribution < -0.4 is 5.73 Å². The number of rotatable bonds is 1. The lowest BCUT2D eigenvalue weighted by Crippen LogP contribution is -2.01. The van der Waals surface area contributed by atoms with E-state index in [0.29, 0.717) is 10.7 Å². The molecule has 3 rings (SSSR count). The van der Waals surface area contributed by atoms with Crippen LogP contribution in [0.4, 0.5) is 5.69 Å². The Hall–Kier alpha value is -2.00. The van der Waals surface area contributed by atoms with Crippen molar-refractivity contribution in [2.24, 2.45) is 0 Å². The molecule has 0 unspecified atom stereocenters. The number of aromatic nitrogens is 2. The van der Waals surface area contributed by atoms with Crippen molar-refractivity contribution in [3.8, 4) is 5.69 Å². The largest absolute Gasteiger partial charge is 0.397 e. The predicted molar refractivity (Wildman–Crippen MR) is 75.2 cm³/mol. The third-order valence-corrected chi connectivity index (χ3v) is 3.19. The normalized spacial score (nSPS) is 11.0. The van der Waals surface area contributed by atoms with Gasteiger partial charge in [-0.25, -0.2) is 4.98 Å². The molecule has 2 aromatic carbocycles. The molecule has 0 aliphatic carbocycles. The molecule has 18 heavy (non-hydrogen) atoms. The van der Waals surface area contributed by atoms with Crippen LogP contribution in [0.2, 0.25) is 5.02 Å². The van der Waals surface area contributed by atoms with Crippen molar-refractivity contribution in [2.45, 2.75) is 6.92 Å². The zero-order chi connectivity index (χ0) is 12.7. The topological polar surface area (TPSA) is 43.8 Å². The monoisotopic (exact) mass is 257 g/mol. The van der Waals surface area contributed by atoms with Crippen LogP contribution in [-0.2, 0) is 0 Å². The van der Waals surface area contributed by atoms with Gasteiger partial charge in [0, 0.05) is 5.02 Å². The Bertz CT molecular complexity index is 731. The minimum atomic E-state index is 0.637. The van der Waals surface area contributed by atoms with Crippen LogP contribution in [0.1, 0.15) is 5.82 Å². The highest BCUT2D eigenvalue weighted by Gasteiger charge is 2.10. The number of nitrogens with two attached hydrogens (primary N) is 1. The van der Waals surface area contributed by atoms with Gasteiger partial charge in [0.25, 0.3) is 0 Å². The average Bonchev–Trinajstić information content (AvgIpc) is 2.66. The summed E-state index contributed by atoms with van der Waals surface area (Å²) in [7, 11) is 0. The number of benzene rings is 2. The number of nitrogens with zero attached hydrogens (tertiary/aromatic N) is 2. The molecule has 3 aromatic rings. The molecule has 0 radical (unpaired) electrons. The Morgan fingerprint density at radius 2 is 1.94 bits per heavy atom. The number of imidazole rings is 1. The third kappa shape index (κ3) is 1.64. The van der Waals surface area contributed by atoms with E-state index >= 15 is 0 Å². The minimum absolute atomic E-state index is 0.637. The first kappa shape index (κ1) is 11.1. The van der Waals surface area contributed by atoms with E-state index in [4.69, 9.17) is 17.3 Å². The molecule has 4 heteroatoms. The van der Waals surface area contributed by atoms with Crippen molar-refractivity contribution in [1.82, 2.24) is 9.55 Å². The van der Waals surface area contributed by atoms with Crippen molar-refractivity contribution in [1.29, 1.82) is 0 Å². The lowest BCUT2D eigenvalue weighted by atomic mass is 10.2. The highest BCUT2D eigenvalue weighted by molar-refractivity contribution is 6.30. The quantitative estimate of drug-likeness (QED) is 0.678. The van der Waals surface area contributed by atoms with Gasteiger partial charge in [0.2, 0.25) is 0 Å². The van der Waals surface area contributed by atoms with Crippen LogP contribution in [-0.4, -0.2) is 9.55 Å². The summed E-state index contributed by atoms with van der Waals surface area (Å²) in [4.78, 5) is 4.53. The number of anilines is 1. The van der Waals surface area contributed by atoms with Crippen molar-refractivity contribution in [3.05, 3.63) is 53.3 Å². The zero-order valence-electron chi connectivity index (χ0n) is 9.89. The molecule has 0 amide bonds. The molecule has 1 aromatic heterocycles. The smallest absolute Gasteiger partial charge is 0.111 e. The molecule has 0 aliphatic heterocycles. The van der Waals surface area contributed by atoms with Gasteiger partial charge in [-0.2, -0.15) is 0 Å². The molecule has 0 saturated heterocycles. The standard InChI is InChI=1S/C14H12ClN3/c1-9-17-12-4-2-3-5-14(12)18(9)13-7-6-10(15)8-11(13)16/h2-8H,16H2,1H3. The molecule has 0 aliphatic rings. The van der Waals surface area contributed by atoms with Crippen LogP contribution in [0.3, 0.4) is 0 Å². The van der Waals surface area contributed by atoms with Gasteiger partial charge in [-0.05, 0) is 37.3 Å². The van der Waals surface area contributed by atoms with Gasteiger partial charge in [0.15, 0.2) is 0 Å². The van der Waals surface area contributed by atoms with Crippen molar-refractivity contribution in [3.63, 3.8) is 0 Å². The summed E-state index contributed by atoms with van der Waals surface area (Å²) in [5, 5.41) is 0.637. The van der Waals surface area contributed by atoms with E-state index in [1.165, 1.54) is 0 Å². The number of hydrogen-bond donors (Lipinski definition) is 1. The maximum Gasteiger partial charge on any atom is 0.111 e. The minimum Gasteiger partial charge on any atom is -0.397 e. The number of aryl methyl sites for hydroxylation is 1. The number of hydrogen-bond acceptors (Lipinski definition) is 2. The highest BCUT2D eigenvalue weighted by Crippen LogP contribution is 2.27. The second-order valence-electron chi connectivity index (χ2n) is 4.19. The number of fused-ring (bicyclic) bond motifs is 1. The lowest BCUT2D eigenvalue weighted by Gasteiger charge is -2.10. The van der Waals surface area contributed by atoms with Crippen molar-refractivity contribution < 1.29 is 0 Å². The molecule has 0 atom stereocenters. The van der Waals surface area contributed by atoms with E-state index in [2.05, 4.69) is 4.98 Å². The van der Waals surface area contributed by atoms with Crippen molar-refractivity contribution in [2.75, 3.05) is 5.73 Å². The number of nitrogen functional groups attached to an aromatic ring is 1. The molecule has 90 valence electrons. The first-order valence-corrected chi connectivity index (χ1v) is 6.04. The van der Waals surface area contributed by atoms with E-state index in [-0.39, 0.29) is 0 Å². The van der Waals surface area contributed by atoms with Gasteiger partial charge in [0.1, 0.15) is 5.82 Å². The lowest BCUT2D eigenvalue weighted by molar-refractivity contribution is 1.00. The average molecular weight is 258 g/mol. The van der Waals surface area contributed by atoms with Crippen LogP contribution >= 0.6 is 11.6 Å². The SMILES string of the molecule is Cc1nc2ccccc2n1-c1ccc(Cl)cc1N. The van der Waals surface area contributed by atoms with E-state index in [1.807, 2.05) is 47.9 Å². The number of halogens is 1. The molecule has 0 saturated carbocycles. The summed E-state index contributed by atoms with van der Waals surface area (Å²) >= 11 is 5.93. The van der Waals surface area contributed by atoms with Gasteiger partial charge in [-0.3, -0.25) is 4.57 Å². The summed E-state index contributed by atoms with van der Waals surface area (Å²) < 4.78 is 2.04. The molecule has 2 N–H and O–H groups in total. The maximum atomic E-state index is 6.04. The molecular formula is C14H12ClN3. The van der Waals surface area contributed by atoms with Gasteiger partial charge in [-0.15, -0.1) is 0 Å². The van der Waals surface area contributed by atoms with Gasteiger partial charge >= 0.3 is 0 Å². The Morgan fingerprint density at radius 3 is 2.72 bits per heavy atom. The fourth-order valence-electron chi connectivity index (χ4n) is 2.18. The second kappa shape index (κ2) is 4.03. The predicted octanol–water partition coefficient (Wildman–Crippen LogP) is 3.57. The van der Waals surface area contributed by atoms with Crippen LogP contribution in [0.25, 0.3) is 16.7 Å².